The molecule has 2 rings (SSSR count). The fraction of sp³-hybridized carbons (Fsp3) is 0.467. The van der Waals surface area contributed by atoms with Gasteiger partial charge in [-0.25, -0.2) is 4.98 Å². The van der Waals surface area contributed by atoms with Gasteiger partial charge in [-0.15, -0.1) is 0 Å². The van der Waals surface area contributed by atoms with E-state index in [1.54, 1.807) is 0 Å². The summed E-state index contributed by atoms with van der Waals surface area (Å²) in [7, 11) is 1.95. The van der Waals surface area contributed by atoms with E-state index in [-0.39, 0.29) is 5.78 Å². The van der Waals surface area contributed by atoms with Crippen molar-refractivity contribution in [1.29, 1.82) is 0 Å². The first kappa shape index (κ1) is 13.7. The van der Waals surface area contributed by atoms with E-state index in [4.69, 9.17) is 4.74 Å². The molecule has 0 fully saturated rings. The summed E-state index contributed by atoms with van der Waals surface area (Å²) in [5.74, 6) is 0.996. The lowest BCUT2D eigenvalue weighted by Gasteiger charge is -2.03. The molecule has 0 saturated carbocycles. The lowest BCUT2D eigenvalue weighted by molar-refractivity contribution is -0.119. The predicted molar refractivity (Wildman–Crippen MR) is 75.2 cm³/mol. The van der Waals surface area contributed by atoms with Crippen molar-refractivity contribution in [1.82, 2.24) is 9.55 Å². The van der Waals surface area contributed by atoms with Gasteiger partial charge in [-0.2, -0.15) is 0 Å². The number of hydrogen-bond donors (Lipinski definition) is 0. The summed E-state index contributed by atoms with van der Waals surface area (Å²) in [4.78, 5) is 16.4. The fourth-order valence-electron chi connectivity index (χ4n) is 2.05. The molecule has 0 atom stereocenters. The number of fused-ring (bicyclic) bond motifs is 1. The number of Topliss-reactive ketones (excluding diaryl/α,β-unsaturated/α-hetero) is 1. The zero-order chi connectivity index (χ0) is 13.7. The third-order valence-electron chi connectivity index (χ3n) is 3.11. The van der Waals surface area contributed by atoms with Gasteiger partial charge in [0.1, 0.15) is 11.6 Å². The first-order valence-corrected chi connectivity index (χ1v) is 6.72. The van der Waals surface area contributed by atoms with E-state index in [1.807, 2.05) is 35.9 Å². The first-order chi connectivity index (χ1) is 9.22. The monoisotopic (exact) mass is 260 g/mol. The van der Waals surface area contributed by atoms with Gasteiger partial charge in [-0.3, -0.25) is 4.79 Å². The summed E-state index contributed by atoms with van der Waals surface area (Å²) in [6.45, 7) is 3.29. The SMILES string of the molecule is CCCOCCC(=O)Cc1nc2ccccc2n1C. The van der Waals surface area contributed by atoms with Crippen LogP contribution in [0.4, 0.5) is 0 Å². The van der Waals surface area contributed by atoms with E-state index in [9.17, 15) is 4.79 Å². The second-order valence-corrected chi connectivity index (χ2v) is 4.65. The van der Waals surface area contributed by atoms with Gasteiger partial charge in [0.2, 0.25) is 0 Å². The number of aromatic nitrogens is 2. The van der Waals surface area contributed by atoms with Gasteiger partial charge in [0.05, 0.1) is 24.1 Å². The van der Waals surface area contributed by atoms with E-state index in [0.29, 0.717) is 19.4 Å². The molecule has 0 aliphatic rings. The number of ketones is 1. The minimum atomic E-state index is 0.175. The van der Waals surface area contributed by atoms with Crippen LogP contribution in [0.5, 0.6) is 0 Å². The van der Waals surface area contributed by atoms with Crippen LogP contribution >= 0.6 is 0 Å². The van der Waals surface area contributed by atoms with Gasteiger partial charge in [-0.05, 0) is 18.6 Å². The lowest BCUT2D eigenvalue weighted by Crippen LogP contribution is -2.10. The van der Waals surface area contributed by atoms with Gasteiger partial charge in [-0.1, -0.05) is 19.1 Å². The zero-order valence-corrected chi connectivity index (χ0v) is 11.6. The smallest absolute Gasteiger partial charge is 0.142 e. The number of hydrogen-bond acceptors (Lipinski definition) is 3. The molecule has 4 nitrogen and oxygen atoms in total. The lowest BCUT2D eigenvalue weighted by atomic mass is 10.2. The molecular weight excluding hydrogens is 240 g/mol. The third kappa shape index (κ3) is 3.41. The van der Waals surface area contributed by atoms with Crippen molar-refractivity contribution in [2.24, 2.45) is 7.05 Å². The highest BCUT2D eigenvalue weighted by Gasteiger charge is 2.11. The maximum atomic E-state index is 11.9. The molecule has 1 aromatic carbocycles. The summed E-state index contributed by atoms with van der Waals surface area (Å²) in [5, 5.41) is 0. The van der Waals surface area contributed by atoms with E-state index in [0.717, 1.165) is 29.9 Å². The maximum absolute atomic E-state index is 11.9. The highest BCUT2D eigenvalue weighted by molar-refractivity contribution is 5.82. The van der Waals surface area contributed by atoms with Crippen LogP contribution in [0.2, 0.25) is 0 Å². The number of rotatable bonds is 7. The molecule has 19 heavy (non-hydrogen) atoms. The number of aryl methyl sites for hydroxylation is 1. The Hall–Kier alpha value is -1.68. The maximum Gasteiger partial charge on any atom is 0.142 e. The second-order valence-electron chi connectivity index (χ2n) is 4.65. The van der Waals surface area contributed by atoms with Gasteiger partial charge in [0, 0.05) is 20.1 Å². The van der Waals surface area contributed by atoms with E-state index < -0.39 is 0 Å². The van der Waals surface area contributed by atoms with Crippen molar-refractivity contribution in [3.8, 4) is 0 Å². The van der Waals surface area contributed by atoms with Gasteiger partial charge < -0.3 is 9.30 Å². The third-order valence-corrected chi connectivity index (χ3v) is 3.11. The van der Waals surface area contributed by atoms with E-state index in [1.165, 1.54) is 0 Å². The first-order valence-electron chi connectivity index (χ1n) is 6.72. The van der Waals surface area contributed by atoms with E-state index in [2.05, 4.69) is 11.9 Å². The summed E-state index contributed by atoms with van der Waals surface area (Å²) < 4.78 is 7.32. The van der Waals surface area contributed by atoms with Crippen molar-refractivity contribution in [3.05, 3.63) is 30.1 Å². The Morgan fingerprint density at radius 2 is 2.11 bits per heavy atom. The zero-order valence-electron chi connectivity index (χ0n) is 11.6. The number of nitrogens with zero attached hydrogens (tertiary/aromatic N) is 2. The fourth-order valence-corrected chi connectivity index (χ4v) is 2.05. The summed E-state index contributed by atoms with van der Waals surface area (Å²) in [6, 6.07) is 7.92. The minimum absolute atomic E-state index is 0.175. The van der Waals surface area contributed by atoms with Crippen LogP contribution < -0.4 is 0 Å². The molecule has 0 spiro atoms. The van der Waals surface area contributed by atoms with Crippen molar-refractivity contribution < 1.29 is 9.53 Å². The Morgan fingerprint density at radius 1 is 1.32 bits per heavy atom. The standard InChI is InChI=1S/C15H20N2O2/c1-3-9-19-10-8-12(18)11-15-16-13-6-4-5-7-14(13)17(15)2/h4-7H,3,8-11H2,1-2H3. The number of imidazole rings is 1. The van der Waals surface area contributed by atoms with Crippen molar-refractivity contribution in [2.75, 3.05) is 13.2 Å². The highest BCUT2D eigenvalue weighted by Crippen LogP contribution is 2.14. The average Bonchev–Trinajstić information content (AvgIpc) is 2.72. The molecule has 4 heteroatoms. The van der Waals surface area contributed by atoms with Crippen LogP contribution in [0.15, 0.2) is 24.3 Å². The Balaban J connectivity index is 1.97. The predicted octanol–water partition coefficient (Wildman–Crippen LogP) is 2.50. The van der Waals surface area contributed by atoms with Crippen LogP contribution in [-0.2, 0) is 23.0 Å². The topological polar surface area (TPSA) is 44.1 Å². The molecule has 0 amide bonds. The molecule has 0 N–H and O–H groups in total. The van der Waals surface area contributed by atoms with Gasteiger partial charge in [0.25, 0.3) is 0 Å². The molecule has 0 saturated heterocycles. The van der Waals surface area contributed by atoms with Crippen LogP contribution in [0, 0.1) is 0 Å². The van der Waals surface area contributed by atoms with Crippen LogP contribution in [0.3, 0.4) is 0 Å². The number of para-hydroxylation sites is 2. The van der Waals surface area contributed by atoms with E-state index >= 15 is 0 Å². The summed E-state index contributed by atoms with van der Waals surface area (Å²) >= 11 is 0. The van der Waals surface area contributed by atoms with Crippen LogP contribution in [-0.4, -0.2) is 28.5 Å². The Labute approximate surface area is 113 Å². The highest BCUT2D eigenvalue weighted by atomic mass is 16.5. The quantitative estimate of drug-likeness (QED) is 0.718. The molecule has 102 valence electrons. The average molecular weight is 260 g/mol. The Bertz CT molecular complexity index is 560. The van der Waals surface area contributed by atoms with Crippen molar-refractivity contribution in [3.63, 3.8) is 0 Å². The molecule has 1 aromatic heterocycles. The Kier molecular flexibility index (Phi) is 4.68. The largest absolute Gasteiger partial charge is 0.381 e. The van der Waals surface area contributed by atoms with Crippen molar-refractivity contribution in [2.45, 2.75) is 26.2 Å². The molecule has 0 aliphatic heterocycles. The normalized spacial score (nSPS) is 11.1. The number of ether oxygens (including phenoxy) is 1. The molecular formula is C15H20N2O2. The summed E-state index contributed by atoms with van der Waals surface area (Å²) in [5.41, 5.74) is 2.00. The number of carbonyl (C=O) groups excluding carboxylic acids is 1. The molecule has 0 bridgehead atoms. The second kappa shape index (κ2) is 6.48. The van der Waals surface area contributed by atoms with Crippen LogP contribution in [0.1, 0.15) is 25.6 Å². The molecule has 0 aliphatic carbocycles. The number of benzene rings is 1. The molecule has 0 unspecified atom stereocenters. The minimum Gasteiger partial charge on any atom is -0.381 e. The molecule has 2 aromatic rings. The molecule has 0 radical (unpaired) electrons. The van der Waals surface area contributed by atoms with Crippen molar-refractivity contribution >= 4 is 16.8 Å². The Morgan fingerprint density at radius 3 is 2.84 bits per heavy atom. The molecule has 1 heterocycles. The number of carbonyl (C=O) groups is 1. The van der Waals surface area contributed by atoms with Gasteiger partial charge in [0.15, 0.2) is 0 Å². The summed E-state index contributed by atoms with van der Waals surface area (Å²) in [6.07, 6.45) is 1.82. The van der Waals surface area contributed by atoms with Crippen LogP contribution in [0.25, 0.3) is 11.0 Å². The van der Waals surface area contributed by atoms with Gasteiger partial charge >= 0.3 is 0 Å².